The van der Waals surface area contributed by atoms with Crippen LogP contribution in [0, 0.1) is 5.82 Å². The first-order valence-electron chi connectivity index (χ1n) is 10.1. The van der Waals surface area contributed by atoms with Crippen LogP contribution in [-0.2, 0) is 21.4 Å². The number of anilines is 1. The number of hydrogen-bond acceptors (Lipinski definition) is 5. The Morgan fingerprint density at radius 2 is 1.87 bits per heavy atom. The summed E-state index contributed by atoms with van der Waals surface area (Å²) in [6.45, 7) is 3.60. The molecule has 1 atom stereocenters. The van der Waals surface area contributed by atoms with Crippen molar-refractivity contribution in [3.05, 3.63) is 54.0 Å². The minimum Gasteiger partial charge on any atom is -0.357 e. The fourth-order valence-electron chi connectivity index (χ4n) is 3.40. The first-order chi connectivity index (χ1) is 14.4. The van der Waals surface area contributed by atoms with E-state index in [1.54, 1.807) is 6.20 Å². The van der Waals surface area contributed by atoms with Gasteiger partial charge >= 0.3 is 0 Å². The normalized spacial score (nSPS) is 16.0. The van der Waals surface area contributed by atoms with Crippen molar-refractivity contribution in [2.75, 3.05) is 18.0 Å². The lowest BCUT2D eigenvalue weighted by Crippen LogP contribution is -2.44. The molecule has 0 bridgehead atoms. The zero-order valence-electron chi connectivity index (χ0n) is 17.0. The van der Waals surface area contributed by atoms with Gasteiger partial charge in [-0.15, -0.1) is 0 Å². The Morgan fingerprint density at radius 3 is 2.57 bits per heavy atom. The van der Waals surface area contributed by atoms with Crippen LogP contribution in [0.3, 0.4) is 0 Å². The predicted octanol–water partition coefficient (Wildman–Crippen LogP) is 2.58. The third-order valence-electron chi connectivity index (χ3n) is 5.06. The number of amides is 1. The van der Waals surface area contributed by atoms with E-state index in [-0.39, 0.29) is 6.54 Å². The molecule has 7 nitrogen and oxygen atoms in total. The third-order valence-corrected chi connectivity index (χ3v) is 6.63. The second kappa shape index (κ2) is 9.99. The maximum atomic E-state index is 13.8. The molecule has 1 fully saturated rings. The van der Waals surface area contributed by atoms with Crippen LogP contribution in [0.4, 0.5) is 10.2 Å². The highest BCUT2D eigenvalue weighted by Gasteiger charge is 2.24. The van der Waals surface area contributed by atoms with E-state index in [1.807, 2.05) is 12.1 Å². The minimum atomic E-state index is -4.15. The van der Waals surface area contributed by atoms with Gasteiger partial charge in [-0.25, -0.2) is 17.8 Å². The maximum absolute atomic E-state index is 13.8. The number of benzene rings is 1. The SMILES string of the molecule is C[C@H](NS(=O)(=O)c1ccccc1F)C(=O)NCc1ccnc(N2CCCCCC2)c1. The number of sulfonamides is 1. The first-order valence-corrected chi connectivity index (χ1v) is 11.6. The molecule has 1 aromatic carbocycles. The number of carbonyl (C=O) groups is 1. The van der Waals surface area contributed by atoms with Gasteiger partial charge < -0.3 is 10.2 Å². The highest BCUT2D eigenvalue weighted by Crippen LogP contribution is 2.18. The zero-order chi connectivity index (χ0) is 21.6. The molecule has 2 aromatic rings. The largest absolute Gasteiger partial charge is 0.357 e. The van der Waals surface area contributed by atoms with Gasteiger partial charge in [0, 0.05) is 25.8 Å². The van der Waals surface area contributed by atoms with E-state index in [0.717, 1.165) is 49.4 Å². The fraction of sp³-hybridized carbons (Fsp3) is 0.429. The summed E-state index contributed by atoms with van der Waals surface area (Å²) >= 11 is 0. The van der Waals surface area contributed by atoms with Gasteiger partial charge in [0.05, 0.1) is 6.04 Å². The third kappa shape index (κ3) is 5.76. The van der Waals surface area contributed by atoms with Crippen LogP contribution in [0.2, 0.25) is 0 Å². The Balaban J connectivity index is 1.58. The molecule has 162 valence electrons. The van der Waals surface area contributed by atoms with Gasteiger partial charge in [0.25, 0.3) is 0 Å². The second-order valence-corrected chi connectivity index (χ2v) is 9.10. The van der Waals surface area contributed by atoms with Gasteiger partial charge in [0.1, 0.15) is 16.5 Å². The summed E-state index contributed by atoms with van der Waals surface area (Å²) in [6, 6.07) is 7.75. The van der Waals surface area contributed by atoms with E-state index in [0.29, 0.717) is 0 Å². The molecule has 2 N–H and O–H groups in total. The lowest BCUT2D eigenvalue weighted by Gasteiger charge is -2.22. The summed E-state index contributed by atoms with van der Waals surface area (Å²) in [5.74, 6) is -0.476. The van der Waals surface area contributed by atoms with Gasteiger partial charge in [-0.1, -0.05) is 25.0 Å². The van der Waals surface area contributed by atoms with Crippen molar-refractivity contribution in [3.63, 3.8) is 0 Å². The molecule has 0 aliphatic carbocycles. The topological polar surface area (TPSA) is 91.4 Å². The van der Waals surface area contributed by atoms with Gasteiger partial charge in [0.15, 0.2) is 0 Å². The van der Waals surface area contributed by atoms with Crippen molar-refractivity contribution in [3.8, 4) is 0 Å². The summed E-state index contributed by atoms with van der Waals surface area (Å²) in [6.07, 6.45) is 6.45. The lowest BCUT2D eigenvalue weighted by molar-refractivity contribution is -0.122. The molecule has 1 saturated heterocycles. The van der Waals surface area contributed by atoms with Gasteiger partial charge in [-0.05, 0) is 49.6 Å². The summed E-state index contributed by atoms with van der Waals surface area (Å²) in [5.41, 5.74) is 0.877. The van der Waals surface area contributed by atoms with Crippen molar-refractivity contribution in [2.45, 2.75) is 50.1 Å². The van der Waals surface area contributed by atoms with Crippen molar-refractivity contribution < 1.29 is 17.6 Å². The van der Waals surface area contributed by atoms with Crippen LogP contribution in [0.1, 0.15) is 38.2 Å². The van der Waals surface area contributed by atoms with Crippen LogP contribution < -0.4 is 14.9 Å². The molecule has 0 radical (unpaired) electrons. The van der Waals surface area contributed by atoms with Gasteiger partial charge in [-0.3, -0.25) is 4.79 Å². The Morgan fingerprint density at radius 1 is 1.17 bits per heavy atom. The fourth-order valence-corrected chi connectivity index (χ4v) is 4.68. The molecule has 1 amide bonds. The quantitative estimate of drug-likeness (QED) is 0.699. The number of pyridine rings is 1. The zero-order valence-corrected chi connectivity index (χ0v) is 17.8. The number of carbonyl (C=O) groups excluding carboxylic acids is 1. The average Bonchev–Trinajstić information content (AvgIpc) is 3.01. The molecule has 1 aliphatic heterocycles. The van der Waals surface area contributed by atoms with Crippen LogP contribution in [-0.4, -0.2) is 38.4 Å². The maximum Gasteiger partial charge on any atom is 0.244 e. The molecule has 0 spiro atoms. The lowest BCUT2D eigenvalue weighted by atomic mass is 10.2. The minimum absolute atomic E-state index is 0.244. The Bertz CT molecular complexity index is 976. The molecule has 1 aromatic heterocycles. The number of rotatable bonds is 7. The number of halogens is 1. The van der Waals surface area contributed by atoms with Crippen molar-refractivity contribution >= 4 is 21.7 Å². The van der Waals surface area contributed by atoms with E-state index in [1.165, 1.54) is 31.9 Å². The standard InChI is InChI=1S/C21H27FN4O3S/c1-16(25-30(28,29)19-9-5-4-8-18(19)22)21(27)24-15-17-10-11-23-20(14-17)26-12-6-2-3-7-13-26/h4-5,8-11,14,16,25H,2-3,6-7,12-13,15H2,1H3,(H,24,27)/t16-/m0/s1. The number of nitrogens with zero attached hydrogens (tertiary/aromatic N) is 2. The molecule has 0 saturated carbocycles. The monoisotopic (exact) mass is 434 g/mol. The van der Waals surface area contributed by atoms with E-state index in [4.69, 9.17) is 0 Å². The van der Waals surface area contributed by atoms with Crippen molar-refractivity contribution in [2.24, 2.45) is 0 Å². The number of hydrogen-bond donors (Lipinski definition) is 2. The average molecular weight is 435 g/mol. The number of aromatic nitrogens is 1. The van der Waals surface area contributed by atoms with Crippen molar-refractivity contribution in [1.29, 1.82) is 0 Å². The van der Waals surface area contributed by atoms with Gasteiger partial charge in [-0.2, -0.15) is 4.72 Å². The Labute approximate surface area is 176 Å². The van der Waals surface area contributed by atoms with E-state index < -0.39 is 32.7 Å². The smallest absolute Gasteiger partial charge is 0.244 e. The first kappa shape index (κ1) is 22.2. The summed E-state index contributed by atoms with van der Waals surface area (Å²) in [7, 11) is -4.15. The predicted molar refractivity (Wildman–Crippen MR) is 113 cm³/mol. The Hall–Kier alpha value is -2.52. The summed E-state index contributed by atoms with van der Waals surface area (Å²) < 4.78 is 40.7. The Kier molecular flexibility index (Phi) is 7.38. The van der Waals surface area contributed by atoms with Crippen LogP contribution in [0.5, 0.6) is 0 Å². The molecule has 1 aliphatic rings. The number of nitrogens with one attached hydrogen (secondary N) is 2. The highest BCUT2D eigenvalue weighted by atomic mass is 32.2. The molecule has 0 unspecified atom stereocenters. The van der Waals surface area contributed by atoms with E-state index in [2.05, 4.69) is 19.9 Å². The van der Waals surface area contributed by atoms with Crippen LogP contribution >= 0.6 is 0 Å². The molecular weight excluding hydrogens is 407 g/mol. The molecule has 2 heterocycles. The molecule has 3 rings (SSSR count). The molecular formula is C21H27FN4O3S. The van der Waals surface area contributed by atoms with Crippen molar-refractivity contribution in [1.82, 2.24) is 15.0 Å². The van der Waals surface area contributed by atoms with E-state index in [9.17, 15) is 17.6 Å². The molecule has 30 heavy (non-hydrogen) atoms. The van der Waals surface area contributed by atoms with Crippen LogP contribution in [0.15, 0.2) is 47.5 Å². The summed E-state index contributed by atoms with van der Waals surface area (Å²) in [4.78, 5) is 18.6. The van der Waals surface area contributed by atoms with Crippen LogP contribution in [0.25, 0.3) is 0 Å². The highest BCUT2D eigenvalue weighted by molar-refractivity contribution is 7.89. The van der Waals surface area contributed by atoms with Gasteiger partial charge in [0.2, 0.25) is 15.9 Å². The second-order valence-electron chi connectivity index (χ2n) is 7.41. The molecule has 9 heteroatoms. The summed E-state index contributed by atoms with van der Waals surface area (Å²) in [5, 5.41) is 2.72. The van der Waals surface area contributed by atoms with E-state index >= 15 is 0 Å².